The van der Waals surface area contributed by atoms with Crippen LogP contribution in [0.3, 0.4) is 0 Å². The van der Waals surface area contributed by atoms with Gasteiger partial charge in [-0.15, -0.1) is 0 Å². The predicted molar refractivity (Wildman–Crippen MR) is 88.8 cm³/mol. The number of thiophene rings is 1. The minimum Gasteiger partial charge on any atom is -0.340 e. The van der Waals surface area contributed by atoms with Gasteiger partial charge in [0.15, 0.2) is 5.82 Å². The lowest BCUT2D eigenvalue weighted by molar-refractivity contribution is 0.0697. The van der Waals surface area contributed by atoms with Crippen molar-refractivity contribution in [1.29, 1.82) is 0 Å². The highest BCUT2D eigenvalue weighted by atomic mass is 32.1. The van der Waals surface area contributed by atoms with Crippen LogP contribution in [-0.2, 0) is 0 Å². The number of rotatable bonds is 3. The average Bonchev–Trinajstić information content (AvgIpc) is 3.34. The highest BCUT2D eigenvalue weighted by molar-refractivity contribution is 7.08. The van der Waals surface area contributed by atoms with Crippen molar-refractivity contribution in [3.05, 3.63) is 40.3 Å². The summed E-state index contributed by atoms with van der Waals surface area (Å²) in [5.41, 5.74) is 2.33. The number of hydrogen-bond donors (Lipinski definition) is 1. The van der Waals surface area contributed by atoms with Gasteiger partial charge < -0.3 is 9.42 Å². The van der Waals surface area contributed by atoms with E-state index in [-0.39, 0.29) is 11.8 Å². The molecule has 0 aliphatic carbocycles. The third-order valence-electron chi connectivity index (χ3n) is 4.24. The molecule has 24 heavy (non-hydrogen) atoms. The third kappa shape index (κ3) is 2.84. The molecule has 0 bridgehead atoms. The Kier molecular flexibility index (Phi) is 3.89. The number of H-pyrrole nitrogens is 1. The van der Waals surface area contributed by atoms with E-state index in [0.717, 1.165) is 30.6 Å². The first-order valence-electron chi connectivity index (χ1n) is 7.88. The maximum absolute atomic E-state index is 12.8. The van der Waals surface area contributed by atoms with E-state index in [1.807, 2.05) is 27.8 Å². The number of carbonyl (C=O) groups is 1. The van der Waals surface area contributed by atoms with Gasteiger partial charge in [-0.3, -0.25) is 9.89 Å². The van der Waals surface area contributed by atoms with Crippen LogP contribution < -0.4 is 0 Å². The Bertz CT molecular complexity index is 838. The Morgan fingerprint density at radius 2 is 2.42 bits per heavy atom. The molecule has 3 aromatic heterocycles. The molecule has 3 aromatic rings. The van der Waals surface area contributed by atoms with Crippen molar-refractivity contribution in [1.82, 2.24) is 25.2 Å². The highest BCUT2D eigenvalue weighted by Crippen LogP contribution is 2.26. The Morgan fingerprint density at radius 1 is 1.50 bits per heavy atom. The molecule has 1 N–H and O–H groups in total. The van der Waals surface area contributed by atoms with E-state index in [9.17, 15) is 4.79 Å². The van der Waals surface area contributed by atoms with Gasteiger partial charge in [-0.1, -0.05) is 5.16 Å². The van der Waals surface area contributed by atoms with Crippen LogP contribution in [0.15, 0.2) is 27.4 Å². The quantitative estimate of drug-likeness (QED) is 0.790. The van der Waals surface area contributed by atoms with E-state index in [4.69, 9.17) is 4.52 Å². The molecule has 1 saturated heterocycles. The van der Waals surface area contributed by atoms with Crippen molar-refractivity contribution in [2.75, 3.05) is 13.1 Å². The van der Waals surface area contributed by atoms with Gasteiger partial charge in [-0.2, -0.15) is 21.4 Å². The summed E-state index contributed by atoms with van der Waals surface area (Å²) in [5, 5.41) is 15.1. The number of aromatic amines is 1. The Labute approximate surface area is 142 Å². The molecule has 8 heteroatoms. The number of piperidine rings is 1. The SMILES string of the molecule is Cc1nc([C@@H]2CCCN(C(=O)c3cc(-c4ccsc4)n[nH]3)C2)no1. The predicted octanol–water partition coefficient (Wildman–Crippen LogP) is 2.85. The summed E-state index contributed by atoms with van der Waals surface area (Å²) in [7, 11) is 0. The number of aryl methyl sites for hydroxylation is 1. The molecule has 0 unspecified atom stereocenters. The Balaban J connectivity index is 1.50. The third-order valence-corrected chi connectivity index (χ3v) is 4.93. The lowest BCUT2D eigenvalue weighted by Gasteiger charge is -2.30. The molecule has 0 aromatic carbocycles. The molecule has 124 valence electrons. The van der Waals surface area contributed by atoms with Gasteiger partial charge in [0.25, 0.3) is 5.91 Å². The number of nitrogens with one attached hydrogen (secondary N) is 1. The van der Waals surface area contributed by atoms with Crippen LogP contribution in [0.5, 0.6) is 0 Å². The summed E-state index contributed by atoms with van der Waals surface area (Å²) < 4.78 is 5.06. The zero-order chi connectivity index (χ0) is 16.5. The van der Waals surface area contributed by atoms with Crippen molar-refractivity contribution in [3.8, 4) is 11.3 Å². The van der Waals surface area contributed by atoms with Crippen molar-refractivity contribution >= 4 is 17.2 Å². The summed E-state index contributed by atoms with van der Waals surface area (Å²) in [4.78, 5) is 18.9. The summed E-state index contributed by atoms with van der Waals surface area (Å²) in [6, 6.07) is 3.80. The molecule has 1 aliphatic heterocycles. The van der Waals surface area contributed by atoms with Gasteiger partial charge in [0.2, 0.25) is 5.89 Å². The van der Waals surface area contributed by atoms with Crippen molar-refractivity contribution in [2.24, 2.45) is 0 Å². The molecular weight excluding hydrogens is 326 g/mol. The first-order valence-corrected chi connectivity index (χ1v) is 8.82. The van der Waals surface area contributed by atoms with Crippen LogP contribution in [0.2, 0.25) is 0 Å². The van der Waals surface area contributed by atoms with Gasteiger partial charge >= 0.3 is 0 Å². The fraction of sp³-hybridized carbons (Fsp3) is 0.375. The number of amides is 1. The molecule has 1 fully saturated rings. The van der Waals surface area contributed by atoms with Crippen molar-refractivity contribution in [3.63, 3.8) is 0 Å². The number of nitrogens with zero attached hydrogens (tertiary/aromatic N) is 4. The largest absolute Gasteiger partial charge is 0.340 e. The minimum atomic E-state index is -0.0334. The molecule has 4 rings (SSSR count). The molecule has 1 aliphatic rings. The zero-order valence-electron chi connectivity index (χ0n) is 13.2. The van der Waals surface area contributed by atoms with Crippen LogP contribution in [0.4, 0.5) is 0 Å². The molecule has 0 spiro atoms. The normalized spacial score (nSPS) is 18.0. The van der Waals surface area contributed by atoms with E-state index in [0.29, 0.717) is 24.0 Å². The van der Waals surface area contributed by atoms with E-state index in [1.165, 1.54) is 0 Å². The maximum Gasteiger partial charge on any atom is 0.271 e. The van der Waals surface area contributed by atoms with Crippen molar-refractivity contribution < 1.29 is 9.32 Å². The highest BCUT2D eigenvalue weighted by Gasteiger charge is 2.29. The lowest BCUT2D eigenvalue weighted by atomic mass is 9.97. The first-order chi connectivity index (χ1) is 11.7. The smallest absolute Gasteiger partial charge is 0.271 e. The topological polar surface area (TPSA) is 87.9 Å². The van der Waals surface area contributed by atoms with E-state index >= 15 is 0 Å². The standard InChI is InChI=1S/C16H17N5O2S/c1-10-17-15(20-23-10)11-3-2-5-21(8-11)16(22)14-7-13(18-19-14)12-4-6-24-9-12/h4,6-7,9,11H,2-3,5,8H2,1H3,(H,18,19)/t11-/m1/s1. The zero-order valence-corrected chi connectivity index (χ0v) is 14.0. The van der Waals surface area contributed by atoms with Gasteiger partial charge in [-0.25, -0.2) is 0 Å². The number of hydrogen-bond acceptors (Lipinski definition) is 6. The van der Waals surface area contributed by atoms with E-state index < -0.39 is 0 Å². The van der Waals surface area contributed by atoms with Crippen LogP contribution in [0, 0.1) is 6.92 Å². The number of carbonyl (C=O) groups excluding carboxylic acids is 1. The molecule has 0 saturated carbocycles. The van der Waals surface area contributed by atoms with Crippen LogP contribution in [-0.4, -0.2) is 44.2 Å². The van der Waals surface area contributed by atoms with Crippen molar-refractivity contribution in [2.45, 2.75) is 25.7 Å². The summed E-state index contributed by atoms with van der Waals surface area (Å²) in [6.45, 7) is 3.11. The number of aromatic nitrogens is 4. The molecule has 0 radical (unpaired) electrons. The Hall–Kier alpha value is -2.48. The van der Waals surface area contributed by atoms with Gasteiger partial charge in [0.05, 0.1) is 5.69 Å². The Morgan fingerprint density at radius 3 is 3.17 bits per heavy atom. The number of likely N-dealkylation sites (tertiary alicyclic amines) is 1. The molecule has 1 amide bonds. The molecule has 1 atom stereocenters. The second-order valence-corrected chi connectivity index (χ2v) is 6.72. The fourth-order valence-corrected chi connectivity index (χ4v) is 3.66. The first kappa shape index (κ1) is 15.1. The summed E-state index contributed by atoms with van der Waals surface area (Å²) >= 11 is 1.61. The maximum atomic E-state index is 12.8. The van der Waals surface area contributed by atoms with Gasteiger partial charge in [-0.05, 0) is 30.4 Å². The minimum absolute atomic E-state index is 0.0334. The van der Waals surface area contributed by atoms with E-state index in [1.54, 1.807) is 18.3 Å². The molecule has 7 nitrogen and oxygen atoms in total. The average molecular weight is 343 g/mol. The van der Waals surface area contributed by atoms with Gasteiger partial charge in [0.1, 0.15) is 5.69 Å². The second-order valence-electron chi connectivity index (χ2n) is 5.94. The second kappa shape index (κ2) is 6.20. The fourth-order valence-electron chi connectivity index (χ4n) is 3.01. The van der Waals surface area contributed by atoms with Crippen LogP contribution >= 0.6 is 11.3 Å². The van der Waals surface area contributed by atoms with Gasteiger partial charge in [0, 0.05) is 36.9 Å². The summed E-state index contributed by atoms with van der Waals surface area (Å²) in [5.74, 6) is 1.34. The monoisotopic (exact) mass is 343 g/mol. The van der Waals surface area contributed by atoms with E-state index in [2.05, 4.69) is 20.3 Å². The lowest BCUT2D eigenvalue weighted by Crippen LogP contribution is -2.39. The molecule has 4 heterocycles. The molecular formula is C16H17N5O2S. The van der Waals surface area contributed by atoms with Crippen LogP contribution in [0.1, 0.15) is 41.0 Å². The van der Waals surface area contributed by atoms with Crippen LogP contribution in [0.25, 0.3) is 11.3 Å². The summed E-state index contributed by atoms with van der Waals surface area (Å²) in [6.07, 6.45) is 1.89.